The van der Waals surface area contributed by atoms with Crippen LogP contribution in [0.25, 0.3) is 0 Å². The summed E-state index contributed by atoms with van der Waals surface area (Å²) < 4.78 is 13.7. The highest BCUT2D eigenvalue weighted by atomic mass is 79.9. The van der Waals surface area contributed by atoms with Crippen molar-refractivity contribution in [1.29, 1.82) is 0 Å². The summed E-state index contributed by atoms with van der Waals surface area (Å²) in [5.74, 6) is 0.928. The van der Waals surface area contributed by atoms with E-state index in [2.05, 4.69) is 31.2 Å². The lowest BCUT2D eigenvalue weighted by atomic mass is 9.96. The standard InChI is InChI=1S/C14H14BrClFN3/c1-14(2,3)13-19-11(15)7-12(20-13)18-10-5-4-8(17)6-9(10)16/h4-7H,1-3H3,(H,18,19,20). The molecule has 1 aromatic heterocycles. The largest absolute Gasteiger partial charge is 0.339 e. The second-order valence-electron chi connectivity index (χ2n) is 5.40. The lowest BCUT2D eigenvalue weighted by molar-refractivity contribution is 0.544. The average molecular weight is 359 g/mol. The Hall–Kier alpha value is -1.20. The van der Waals surface area contributed by atoms with Crippen LogP contribution >= 0.6 is 27.5 Å². The van der Waals surface area contributed by atoms with Gasteiger partial charge in [0.15, 0.2) is 0 Å². The molecule has 1 N–H and O–H groups in total. The average Bonchev–Trinajstić information content (AvgIpc) is 2.31. The van der Waals surface area contributed by atoms with Gasteiger partial charge in [0, 0.05) is 11.5 Å². The molecule has 6 heteroatoms. The predicted molar refractivity (Wildman–Crippen MR) is 83.1 cm³/mol. The maximum atomic E-state index is 13.0. The molecule has 3 nitrogen and oxygen atoms in total. The lowest BCUT2D eigenvalue weighted by Crippen LogP contribution is -2.16. The molecule has 1 aromatic carbocycles. The number of hydrogen-bond acceptors (Lipinski definition) is 3. The molecule has 2 rings (SSSR count). The third kappa shape index (κ3) is 3.67. The molecule has 0 fully saturated rings. The summed E-state index contributed by atoms with van der Waals surface area (Å²) in [6.07, 6.45) is 0. The Morgan fingerprint density at radius 3 is 2.50 bits per heavy atom. The molecule has 1 heterocycles. The van der Waals surface area contributed by atoms with Crippen LogP contribution in [0.4, 0.5) is 15.9 Å². The van der Waals surface area contributed by atoms with Crippen LogP contribution in [0.2, 0.25) is 5.02 Å². The van der Waals surface area contributed by atoms with Gasteiger partial charge in [-0.15, -0.1) is 0 Å². The smallest absolute Gasteiger partial charge is 0.137 e. The Kier molecular flexibility index (Phi) is 4.30. The van der Waals surface area contributed by atoms with Gasteiger partial charge in [-0.2, -0.15) is 0 Å². The van der Waals surface area contributed by atoms with Crippen molar-refractivity contribution in [3.63, 3.8) is 0 Å². The molecular formula is C14H14BrClFN3. The molecule has 20 heavy (non-hydrogen) atoms. The Morgan fingerprint density at radius 1 is 1.20 bits per heavy atom. The van der Waals surface area contributed by atoms with Gasteiger partial charge in [-0.3, -0.25) is 0 Å². The molecule has 106 valence electrons. The molecular weight excluding hydrogens is 345 g/mol. The second kappa shape index (κ2) is 5.66. The van der Waals surface area contributed by atoms with Crippen molar-refractivity contribution in [2.75, 3.05) is 5.32 Å². The summed E-state index contributed by atoms with van der Waals surface area (Å²) in [5, 5.41) is 3.38. The van der Waals surface area contributed by atoms with Gasteiger partial charge < -0.3 is 5.32 Å². The molecule has 2 aromatic rings. The molecule has 0 saturated heterocycles. The topological polar surface area (TPSA) is 37.8 Å². The lowest BCUT2D eigenvalue weighted by Gasteiger charge is -2.18. The van der Waals surface area contributed by atoms with Gasteiger partial charge in [-0.1, -0.05) is 32.4 Å². The zero-order valence-corrected chi connectivity index (χ0v) is 13.7. The maximum Gasteiger partial charge on any atom is 0.137 e. The minimum atomic E-state index is -0.375. The van der Waals surface area contributed by atoms with E-state index in [1.165, 1.54) is 12.1 Å². The van der Waals surface area contributed by atoms with E-state index in [-0.39, 0.29) is 11.2 Å². The number of aromatic nitrogens is 2. The Labute approximate surface area is 130 Å². The van der Waals surface area contributed by atoms with Crippen LogP contribution in [-0.2, 0) is 5.41 Å². The van der Waals surface area contributed by atoms with E-state index >= 15 is 0 Å². The van der Waals surface area contributed by atoms with Crippen LogP contribution in [0.5, 0.6) is 0 Å². The highest BCUT2D eigenvalue weighted by Crippen LogP contribution is 2.28. The third-order valence-electron chi connectivity index (χ3n) is 2.56. The predicted octanol–water partition coefficient (Wildman–Crippen LogP) is 5.07. The fourth-order valence-electron chi connectivity index (χ4n) is 1.55. The van der Waals surface area contributed by atoms with Gasteiger partial charge in [0.1, 0.15) is 22.1 Å². The molecule has 0 saturated carbocycles. The first-order valence-corrected chi connectivity index (χ1v) is 7.20. The SMILES string of the molecule is CC(C)(C)c1nc(Br)cc(Nc2ccc(F)cc2Cl)n1. The summed E-state index contributed by atoms with van der Waals surface area (Å²) in [5.41, 5.74) is 0.422. The molecule has 0 unspecified atom stereocenters. The summed E-state index contributed by atoms with van der Waals surface area (Å²) in [4.78, 5) is 8.81. The highest BCUT2D eigenvalue weighted by molar-refractivity contribution is 9.10. The van der Waals surface area contributed by atoms with Crippen molar-refractivity contribution in [3.8, 4) is 0 Å². The summed E-state index contributed by atoms with van der Waals surface area (Å²) >= 11 is 9.36. The zero-order valence-electron chi connectivity index (χ0n) is 11.3. The van der Waals surface area contributed by atoms with Crippen LogP contribution < -0.4 is 5.32 Å². The van der Waals surface area contributed by atoms with Gasteiger partial charge >= 0.3 is 0 Å². The van der Waals surface area contributed by atoms with Crippen LogP contribution in [-0.4, -0.2) is 9.97 Å². The van der Waals surface area contributed by atoms with Crippen molar-refractivity contribution in [1.82, 2.24) is 9.97 Å². The highest BCUT2D eigenvalue weighted by Gasteiger charge is 2.19. The number of nitrogens with one attached hydrogen (secondary N) is 1. The minimum absolute atomic E-state index is 0.174. The fourth-order valence-corrected chi connectivity index (χ4v) is 2.15. The van der Waals surface area contributed by atoms with E-state index < -0.39 is 0 Å². The molecule has 0 aliphatic heterocycles. The van der Waals surface area contributed by atoms with Crippen LogP contribution in [0, 0.1) is 5.82 Å². The zero-order chi connectivity index (χ0) is 14.9. The van der Waals surface area contributed by atoms with Crippen LogP contribution in [0.3, 0.4) is 0 Å². The number of halogens is 3. The summed E-state index contributed by atoms with van der Waals surface area (Å²) in [6, 6.07) is 5.92. The Morgan fingerprint density at radius 2 is 1.90 bits per heavy atom. The second-order valence-corrected chi connectivity index (χ2v) is 6.62. The Balaban J connectivity index is 2.36. The Bertz CT molecular complexity index is 641. The van der Waals surface area contributed by atoms with Crippen LogP contribution in [0.15, 0.2) is 28.9 Å². The van der Waals surface area contributed by atoms with Gasteiger partial charge in [0.05, 0.1) is 10.7 Å². The molecule has 0 aliphatic carbocycles. The van der Waals surface area contributed by atoms with Crippen molar-refractivity contribution >= 4 is 39.0 Å². The number of anilines is 2. The molecule has 0 amide bonds. The third-order valence-corrected chi connectivity index (χ3v) is 3.28. The number of rotatable bonds is 2. The molecule has 0 bridgehead atoms. The van der Waals surface area contributed by atoms with Gasteiger partial charge in [0.25, 0.3) is 0 Å². The molecule has 0 aliphatic rings. The van der Waals surface area contributed by atoms with E-state index in [1.807, 2.05) is 20.8 Å². The quantitative estimate of drug-likeness (QED) is 0.761. The molecule has 0 radical (unpaired) electrons. The molecule has 0 atom stereocenters. The summed E-state index contributed by atoms with van der Waals surface area (Å²) in [7, 11) is 0. The normalized spacial score (nSPS) is 11.5. The first-order valence-electron chi connectivity index (χ1n) is 6.03. The van der Waals surface area contributed by atoms with Gasteiger partial charge in [-0.25, -0.2) is 14.4 Å². The van der Waals surface area contributed by atoms with E-state index in [1.54, 1.807) is 12.1 Å². The summed E-state index contributed by atoms with van der Waals surface area (Å²) in [6.45, 7) is 6.09. The van der Waals surface area contributed by atoms with Gasteiger partial charge in [0.2, 0.25) is 0 Å². The van der Waals surface area contributed by atoms with Crippen molar-refractivity contribution in [2.45, 2.75) is 26.2 Å². The minimum Gasteiger partial charge on any atom is -0.339 e. The number of nitrogens with zero attached hydrogens (tertiary/aromatic N) is 2. The first-order chi connectivity index (χ1) is 9.25. The number of benzene rings is 1. The van der Waals surface area contributed by atoms with Crippen molar-refractivity contribution in [2.24, 2.45) is 0 Å². The number of hydrogen-bond donors (Lipinski definition) is 1. The molecule has 0 spiro atoms. The van der Waals surface area contributed by atoms with E-state index in [0.717, 1.165) is 0 Å². The first kappa shape index (κ1) is 15.2. The van der Waals surface area contributed by atoms with E-state index in [4.69, 9.17) is 11.6 Å². The van der Waals surface area contributed by atoms with E-state index in [9.17, 15) is 4.39 Å². The monoisotopic (exact) mass is 357 g/mol. The van der Waals surface area contributed by atoms with E-state index in [0.29, 0.717) is 27.0 Å². The van der Waals surface area contributed by atoms with Crippen molar-refractivity contribution in [3.05, 3.63) is 45.5 Å². The van der Waals surface area contributed by atoms with Crippen molar-refractivity contribution < 1.29 is 4.39 Å². The fraction of sp³-hybridized carbons (Fsp3) is 0.286. The van der Waals surface area contributed by atoms with Gasteiger partial charge in [-0.05, 0) is 34.1 Å². The maximum absolute atomic E-state index is 13.0. The van der Waals surface area contributed by atoms with Crippen LogP contribution in [0.1, 0.15) is 26.6 Å².